The summed E-state index contributed by atoms with van der Waals surface area (Å²) in [6.45, 7) is 1.85. The van der Waals surface area contributed by atoms with Crippen LogP contribution in [0.5, 0.6) is 0 Å². The number of nitrogens with zero attached hydrogens (tertiary/aromatic N) is 2. The predicted octanol–water partition coefficient (Wildman–Crippen LogP) is 1.60. The molecule has 146 valence electrons. The number of likely N-dealkylation sites (tertiary alicyclic amines) is 2. The zero-order chi connectivity index (χ0) is 19.4. The molecule has 2 aliphatic heterocycles. The van der Waals surface area contributed by atoms with Crippen LogP contribution >= 0.6 is 0 Å². The van der Waals surface area contributed by atoms with E-state index in [-0.39, 0.29) is 29.8 Å². The summed E-state index contributed by atoms with van der Waals surface area (Å²) in [6, 6.07) is 9.70. The third-order valence-corrected chi connectivity index (χ3v) is 5.81. The number of carbonyl (C=O) groups excluding carboxylic acids is 3. The second-order valence-electron chi connectivity index (χ2n) is 7.58. The minimum Gasteiger partial charge on any atom is -0.468 e. The van der Waals surface area contributed by atoms with Gasteiger partial charge in [-0.15, -0.1) is 0 Å². The van der Waals surface area contributed by atoms with E-state index in [1.165, 1.54) is 7.11 Å². The predicted molar refractivity (Wildman–Crippen MR) is 100 cm³/mol. The summed E-state index contributed by atoms with van der Waals surface area (Å²) in [7, 11) is 3.16. The summed E-state index contributed by atoms with van der Waals surface area (Å²) in [6.07, 6.45) is 2.51. The topological polar surface area (TPSA) is 79.0 Å². The molecular formula is C20H27N3O4. The number of nitrogens with one attached hydrogen (secondary N) is 1. The number of hydrogen-bond acceptors (Lipinski definition) is 4. The molecule has 0 bridgehead atoms. The van der Waals surface area contributed by atoms with Gasteiger partial charge in [0.15, 0.2) is 0 Å². The van der Waals surface area contributed by atoms with Crippen LogP contribution in [-0.2, 0) is 14.3 Å². The second-order valence-corrected chi connectivity index (χ2v) is 7.58. The van der Waals surface area contributed by atoms with Gasteiger partial charge < -0.3 is 19.9 Å². The molecule has 0 aliphatic carbocycles. The summed E-state index contributed by atoms with van der Waals surface area (Å²) in [5.74, 6) is -0.412. The highest BCUT2D eigenvalue weighted by Crippen LogP contribution is 2.45. The van der Waals surface area contributed by atoms with E-state index in [2.05, 4.69) is 10.1 Å². The number of piperidine rings is 2. The first-order valence-corrected chi connectivity index (χ1v) is 9.34. The third kappa shape index (κ3) is 4.23. The molecule has 0 radical (unpaired) electrons. The molecule has 1 spiro atoms. The van der Waals surface area contributed by atoms with E-state index >= 15 is 0 Å². The maximum Gasteiger partial charge on any atom is 0.325 e. The van der Waals surface area contributed by atoms with Gasteiger partial charge in [-0.25, -0.2) is 4.79 Å². The molecule has 2 aliphatic rings. The fraction of sp³-hybridized carbons (Fsp3) is 0.550. The number of methoxy groups -OCH3 is 1. The Hall–Kier alpha value is -2.57. The number of rotatable bonds is 3. The van der Waals surface area contributed by atoms with E-state index in [1.807, 2.05) is 42.3 Å². The van der Waals surface area contributed by atoms with Gasteiger partial charge in [0.25, 0.3) is 0 Å². The monoisotopic (exact) mass is 373 g/mol. The Morgan fingerprint density at radius 3 is 2.52 bits per heavy atom. The number of likely N-dealkylation sites (N-methyl/N-ethyl adjacent to an activating group) is 1. The highest BCUT2D eigenvalue weighted by atomic mass is 16.5. The van der Waals surface area contributed by atoms with E-state index in [4.69, 9.17) is 0 Å². The minimum absolute atomic E-state index is 0.0301. The maximum atomic E-state index is 12.7. The van der Waals surface area contributed by atoms with Gasteiger partial charge in [-0.1, -0.05) is 30.3 Å². The zero-order valence-electron chi connectivity index (χ0n) is 15.9. The van der Waals surface area contributed by atoms with E-state index in [0.29, 0.717) is 13.1 Å². The fourth-order valence-electron chi connectivity index (χ4n) is 4.26. The van der Waals surface area contributed by atoms with Gasteiger partial charge in [0.1, 0.15) is 6.54 Å². The van der Waals surface area contributed by atoms with Gasteiger partial charge in [-0.2, -0.15) is 0 Å². The minimum atomic E-state index is -0.463. The average Bonchev–Trinajstić information content (AvgIpc) is 2.70. The Kier molecular flexibility index (Phi) is 5.68. The molecule has 2 fully saturated rings. The lowest BCUT2D eigenvalue weighted by molar-refractivity contribution is -0.139. The van der Waals surface area contributed by atoms with Crippen molar-refractivity contribution in [1.82, 2.24) is 15.1 Å². The molecule has 7 nitrogen and oxygen atoms in total. The molecule has 1 atom stereocenters. The molecule has 3 rings (SSSR count). The first-order valence-electron chi connectivity index (χ1n) is 9.34. The fourth-order valence-corrected chi connectivity index (χ4v) is 4.26. The van der Waals surface area contributed by atoms with Crippen molar-refractivity contribution in [2.24, 2.45) is 5.41 Å². The van der Waals surface area contributed by atoms with E-state index < -0.39 is 5.97 Å². The van der Waals surface area contributed by atoms with Crippen molar-refractivity contribution in [2.45, 2.75) is 25.2 Å². The normalized spacial score (nSPS) is 21.9. The number of amides is 3. The molecule has 0 aromatic heterocycles. The lowest BCUT2D eigenvalue weighted by Crippen LogP contribution is -2.55. The van der Waals surface area contributed by atoms with Crippen LogP contribution in [0.1, 0.15) is 30.7 Å². The zero-order valence-corrected chi connectivity index (χ0v) is 15.9. The molecule has 3 amide bonds. The Bertz CT molecular complexity index is 698. The first-order chi connectivity index (χ1) is 12.9. The highest BCUT2D eigenvalue weighted by molar-refractivity contribution is 5.84. The van der Waals surface area contributed by atoms with Crippen molar-refractivity contribution in [1.29, 1.82) is 0 Å². The largest absolute Gasteiger partial charge is 0.468 e. The van der Waals surface area contributed by atoms with Crippen LogP contribution < -0.4 is 5.32 Å². The van der Waals surface area contributed by atoms with Gasteiger partial charge in [-0.3, -0.25) is 9.59 Å². The van der Waals surface area contributed by atoms with Crippen LogP contribution in [-0.4, -0.2) is 68.0 Å². The molecule has 1 aromatic rings. The van der Waals surface area contributed by atoms with Crippen LogP contribution in [0, 0.1) is 5.41 Å². The van der Waals surface area contributed by atoms with Crippen LogP contribution in [0.2, 0.25) is 0 Å². The number of esters is 1. The van der Waals surface area contributed by atoms with Crippen LogP contribution in [0.15, 0.2) is 30.3 Å². The van der Waals surface area contributed by atoms with E-state index in [1.54, 1.807) is 4.90 Å². The Morgan fingerprint density at radius 1 is 1.22 bits per heavy atom. The first kappa shape index (κ1) is 19.2. The van der Waals surface area contributed by atoms with Gasteiger partial charge in [0.2, 0.25) is 5.91 Å². The van der Waals surface area contributed by atoms with Crippen LogP contribution in [0.4, 0.5) is 4.79 Å². The number of benzene rings is 1. The SMILES string of the molecule is COC(=O)CNC(=O)N1CCC2(CC1)CC(c1ccccc1)C(=O)N(C)C2. The molecule has 27 heavy (non-hydrogen) atoms. The van der Waals surface area contributed by atoms with Gasteiger partial charge in [0.05, 0.1) is 13.0 Å². The molecular weight excluding hydrogens is 346 g/mol. The number of hydrogen-bond donors (Lipinski definition) is 1. The van der Waals surface area contributed by atoms with Crippen LogP contribution in [0.3, 0.4) is 0 Å². The summed E-state index contributed by atoms with van der Waals surface area (Å²) in [4.78, 5) is 39.7. The molecule has 7 heteroatoms. The van der Waals surface area contributed by atoms with Crippen molar-refractivity contribution < 1.29 is 19.1 Å². The molecule has 1 unspecified atom stereocenters. The molecule has 2 saturated heterocycles. The van der Waals surface area contributed by atoms with E-state index in [9.17, 15) is 14.4 Å². The van der Waals surface area contributed by atoms with Crippen molar-refractivity contribution in [3.05, 3.63) is 35.9 Å². The number of carbonyl (C=O) groups is 3. The maximum absolute atomic E-state index is 12.7. The van der Waals surface area contributed by atoms with Gasteiger partial charge in [-0.05, 0) is 30.2 Å². The third-order valence-electron chi connectivity index (χ3n) is 5.81. The summed E-state index contributed by atoms with van der Waals surface area (Å²) in [5, 5.41) is 2.59. The summed E-state index contributed by atoms with van der Waals surface area (Å²) in [5.41, 5.74) is 1.09. The van der Waals surface area contributed by atoms with E-state index in [0.717, 1.165) is 31.4 Å². The quantitative estimate of drug-likeness (QED) is 0.817. The average molecular weight is 373 g/mol. The lowest BCUT2D eigenvalue weighted by Gasteiger charge is -2.49. The molecule has 1 aromatic carbocycles. The Morgan fingerprint density at radius 2 is 1.89 bits per heavy atom. The highest BCUT2D eigenvalue weighted by Gasteiger charge is 2.45. The van der Waals surface area contributed by atoms with Gasteiger partial charge in [0, 0.05) is 26.7 Å². The van der Waals surface area contributed by atoms with Crippen molar-refractivity contribution in [3.8, 4) is 0 Å². The van der Waals surface area contributed by atoms with Crippen molar-refractivity contribution in [2.75, 3.05) is 40.3 Å². The number of urea groups is 1. The van der Waals surface area contributed by atoms with Gasteiger partial charge >= 0.3 is 12.0 Å². The van der Waals surface area contributed by atoms with Crippen LogP contribution in [0.25, 0.3) is 0 Å². The van der Waals surface area contributed by atoms with Crippen molar-refractivity contribution >= 4 is 17.9 Å². The lowest BCUT2D eigenvalue weighted by atomic mass is 9.68. The molecule has 2 heterocycles. The summed E-state index contributed by atoms with van der Waals surface area (Å²) < 4.78 is 4.54. The van der Waals surface area contributed by atoms with Crippen molar-refractivity contribution in [3.63, 3.8) is 0 Å². The smallest absolute Gasteiger partial charge is 0.325 e. The summed E-state index contributed by atoms with van der Waals surface area (Å²) >= 11 is 0. The number of ether oxygens (including phenoxy) is 1. The Balaban J connectivity index is 1.63. The second kappa shape index (κ2) is 7.98. The molecule has 0 saturated carbocycles. The standard InChI is InChI=1S/C20H27N3O4/c1-22-14-20(12-16(18(22)25)15-6-4-3-5-7-15)8-10-23(11-9-20)19(26)21-13-17(24)27-2/h3-7,16H,8-14H2,1-2H3,(H,21,26). The Labute approximate surface area is 159 Å². The molecule has 1 N–H and O–H groups in total.